The van der Waals surface area contributed by atoms with E-state index in [1.54, 1.807) is 24.4 Å². The van der Waals surface area contributed by atoms with Gasteiger partial charge in [-0.25, -0.2) is 4.39 Å². The van der Waals surface area contributed by atoms with Crippen molar-refractivity contribution in [1.29, 1.82) is 0 Å². The summed E-state index contributed by atoms with van der Waals surface area (Å²) >= 11 is 0. The lowest BCUT2D eigenvalue weighted by molar-refractivity contribution is 0.628. The van der Waals surface area contributed by atoms with Crippen LogP contribution in [0.1, 0.15) is 0 Å². The largest absolute Gasteiger partial charge is 0.361 e. The maximum atomic E-state index is 13.0. The molecule has 4 rings (SSSR count). The van der Waals surface area contributed by atoms with E-state index in [1.165, 1.54) is 12.1 Å². The highest BCUT2D eigenvalue weighted by Gasteiger charge is 2.09. The minimum Gasteiger partial charge on any atom is -0.361 e. The molecule has 0 aliphatic heterocycles. The number of anilines is 2. The summed E-state index contributed by atoms with van der Waals surface area (Å²) in [7, 11) is 0. The molecule has 4 aromatic rings. The van der Waals surface area contributed by atoms with E-state index >= 15 is 0 Å². The molecule has 5 heteroatoms. The summed E-state index contributed by atoms with van der Waals surface area (Å²) in [5.41, 5.74) is 3.72. The van der Waals surface area contributed by atoms with Crippen molar-refractivity contribution < 1.29 is 4.39 Å². The molecule has 2 aromatic heterocycles. The highest BCUT2D eigenvalue weighted by molar-refractivity contribution is 5.95. The van der Waals surface area contributed by atoms with E-state index in [4.69, 9.17) is 0 Å². The molecule has 0 fully saturated rings. The summed E-state index contributed by atoms with van der Waals surface area (Å²) in [4.78, 5) is 18.2. The first kappa shape index (κ1) is 14.3. The highest BCUT2D eigenvalue weighted by atomic mass is 19.1. The number of benzene rings is 2. The number of halogens is 1. The van der Waals surface area contributed by atoms with E-state index < -0.39 is 0 Å². The Morgan fingerprint density at radius 3 is 2.54 bits per heavy atom. The summed E-state index contributed by atoms with van der Waals surface area (Å²) in [6, 6.07) is 15.6. The van der Waals surface area contributed by atoms with E-state index in [-0.39, 0.29) is 11.4 Å². The van der Waals surface area contributed by atoms with Crippen molar-refractivity contribution in [2.75, 3.05) is 5.32 Å². The van der Waals surface area contributed by atoms with Crippen LogP contribution in [-0.2, 0) is 0 Å². The van der Waals surface area contributed by atoms with Crippen LogP contribution in [0.5, 0.6) is 0 Å². The molecule has 118 valence electrons. The quantitative estimate of drug-likeness (QED) is 0.524. The maximum absolute atomic E-state index is 13.0. The molecule has 0 aliphatic rings. The molecule has 0 bridgehead atoms. The molecule has 2 aromatic carbocycles. The standard InChI is InChI=1S/C19H14FN3O/c20-12-4-6-13(7-5-12)23-14-10-17(19(24)22-11-14)15-2-1-3-18-16(15)8-9-21-18/h1-11,21,23H,(H,22,24). The van der Waals surface area contributed by atoms with Gasteiger partial charge in [0.15, 0.2) is 0 Å². The zero-order chi connectivity index (χ0) is 16.5. The van der Waals surface area contributed by atoms with Gasteiger partial charge in [0.2, 0.25) is 0 Å². The van der Waals surface area contributed by atoms with Crippen molar-refractivity contribution in [3.63, 3.8) is 0 Å². The van der Waals surface area contributed by atoms with Crippen molar-refractivity contribution in [2.24, 2.45) is 0 Å². The molecule has 0 amide bonds. The van der Waals surface area contributed by atoms with Crippen LogP contribution in [0, 0.1) is 5.82 Å². The molecule has 4 nitrogen and oxygen atoms in total. The fraction of sp³-hybridized carbons (Fsp3) is 0. The first-order valence-corrected chi connectivity index (χ1v) is 7.52. The Bertz CT molecular complexity index is 1060. The Labute approximate surface area is 137 Å². The summed E-state index contributed by atoms with van der Waals surface area (Å²) in [6.07, 6.45) is 3.45. The van der Waals surface area contributed by atoms with E-state index in [0.717, 1.165) is 27.8 Å². The van der Waals surface area contributed by atoms with Crippen LogP contribution in [0.25, 0.3) is 22.0 Å². The smallest absolute Gasteiger partial charge is 0.255 e. The Hall–Kier alpha value is -3.34. The van der Waals surface area contributed by atoms with E-state index in [1.807, 2.05) is 30.5 Å². The number of rotatable bonds is 3. The number of hydrogen-bond acceptors (Lipinski definition) is 2. The second-order valence-electron chi connectivity index (χ2n) is 5.51. The van der Waals surface area contributed by atoms with Gasteiger partial charge in [-0.2, -0.15) is 0 Å². The van der Waals surface area contributed by atoms with Gasteiger partial charge in [0.05, 0.1) is 5.69 Å². The molecule has 24 heavy (non-hydrogen) atoms. The Morgan fingerprint density at radius 1 is 0.875 bits per heavy atom. The molecule has 0 radical (unpaired) electrons. The van der Waals surface area contributed by atoms with Crippen LogP contribution in [0.15, 0.2) is 71.8 Å². The molecule has 0 saturated carbocycles. The molecular formula is C19H14FN3O. The van der Waals surface area contributed by atoms with E-state index in [9.17, 15) is 9.18 Å². The van der Waals surface area contributed by atoms with Crippen LogP contribution >= 0.6 is 0 Å². The third kappa shape index (κ3) is 2.56. The van der Waals surface area contributed by atoms with Gasteiger partial charge in [-0.3, -0.25) is 4.79 Å². The van der Waals surface area contributed by atoms with Gasteiger partial charge in [0, 0.05) is 34.5 Å². The van der Waals surface area contributed by atoms with Crippen LogP contribution in [0.4, 0.5) is 15.8 Å². The Balaban J connectivity index is 1.78. The molecule has 0 aliphatic carbocycles. The van der Waals surface area contributed by atoms with Crippen LogP contribution < -0.4 is 10.9 Å². The topological polar surface area (TPSA) is 60.7 Å². The van der Waals surface area contributed by atoms with Crippen molar-refractivity contribution >= 4 is 22.3 Å². The second-order valence-corrected chi connectivity index (χ2v) is 5.51. The summed E-state index contributed by atoms with van der Waals surface area (Å²) < 4.78 is 13.0. The van der Waals surface area contributed by atoms with Crippen molar-refractivity contribution in [2.45, 2.75) is 0 Å². The van der Waals surface area contributed by atoms with Gasteiger partial charge in [0.1, 0.15) is 5.82 Å². The fourth-order valence-electron chi connectivity index (χ4n) is 2.78. The number of H-pyrrole nitrogens is 2. The number of fused-ring (bicyclic) bond motifs is 1. The third-order valence-corrected chi connectivity index (χ3v) is 3.92. The highest BCUT2D eigenvalue weighted by Crippen LogP contribution is 2.27. The lowest BCUT2D eigenvalue weighted by Crippen LogP contribution is -2.09. The van der Waals surface area contributed by atoms with Crippen molar-refractivity contribution in [3.05, 3.63) is 83.2 Å². The number of nitrogens with one attached hydrogen (secondary N) is 3. The molecule has 0 unspecified atom stereocenters. The average Bonchev–Trinajstić information content (AvgIpc) is 3.07. The maximum Gasteiger partial charge on any atom is 0.255 e. The van der Waals surface area contributed by atoms with Gasteiger partial charge in [-0.1, -0.05) is 12.1 Å². The first-order valence-electron chi connectivity index (χ1n) is 7.52. The first-order chi connectivity index (χ1) is 11.7. The number of hydrogen-bond donors (Lipinski definition) is 3. The normalized spacial score (nSPS) is 10.9. The minimum atomic E-state index is -0.290. The van der Waals surface area contributed by atoms with Crippen LogP contribution in [-0.4, -0.2) is 9.97 Å². The van der Waals surface area contributed by atoms with Crippen LogP contribution in [0.2, 0.25) is 0 Å². The molecule has 3 N–H and O–H groups in total. The van der Waals surface area contributed by atoms with Gasteiger partial charge >= 0.3 is 0 Å². The predicted molar refractivity (Wildman–Crippen MR) is 94.0 cm³/mol. The Morgan fingerprint density at radius 2 is 1.71 bits per heavy atom. The number of pyridine rings is 1. The molecule has 2 heterocycles. The number of aromatic nitrogens is 2. The molecule has 0 spiro atoms. The van der Waals surface area contributed by atoms with Crippen molar-refractivity contribution in [3.8, 4) is 11.1 Å². The lowest BCUT2D eigenvalue weighted by Gasteiger charge is -2.09. The van der Waals surface area contributed by atoms with Gasteiger partial charge in [0.25, 0.3) is 5.56 Å². The van der Waals surface area contributed by atoms with E-state index in [2.05, 4.69) is 15.3 Å². The predicted octanol–water partition coefficient (Wildman–Crippen LogP) is 4.41. The van der Waals surface area contributed by atoms with Gasteiger partial charge < -0.3 is 15.3 Å². The zero-order valence-corrected chi connectivity index (χ0v) is 12.6. The molecule has 0 saturated heterocycles. The summed E-state index contributed by atoms with van der Waals surface area (Å²) in [5.74, 6) is -0.290. The molecule has 0 atom stereocenters. The molecular weight excluding hydrogens is 305 g/mol. The average molecular weight is 319 g/mol. The Kier molecular flexibility index (Phi) is 3.39. The number of aromatic amines is 2. The monoisotopic (exact) mass is 319 g/mol. The second kappa shape index (κ2) is 5.70. The lowest BCUT2D eigenvalue weighted by atomic mass is 10.0. The van der Waals surface area contributed by atoms with Gasteiger partial charge in [-0.15, -0.1) is 0 Å². The van der Waals surface area contributed by atoms with E-state index in [0.29, 0.717) is 5.56 Å². The fourth-order valence-corrected chi connectivity index (χ4v) is 2.78. The van der Waals surface area contributed by atoms with Gasteiger partial charge in [-0.05, 0) is 48.0 Å². The minimum absolute atomic E-state index is 0.159. The third-order valence-electron chi connectivity index (χ3n) is 3.92. The van der Waals surface area contributed by atoms with Crippen LogP contribution in [0.3, 0.4) is 0 Å². The summed E-state index contributed by atoms with van der Waals surface area (Å²) in [5, 5.41) is 4.15. The van der Waals surface area contributed by atoms with Crippen molar-refractivity contribution in [1.82, 2.24) is 9.97 Å². The SMILES string of the molecule is O=c1[nH]cc(Nc2ccc(F)cc2)cc1-c1cccc2[nH]ccc12. The summed E-state index contributed by atoms with van der Waals surface area (Å²) in [6.45, 7) is 0. The zero-order valence-electron chi connectivity index (χ0n) is 12.6.